The summed E-state index contributed by atoms with van der Waals surface area (Å²) in [4.78, 5) is 23.1. The van der Waals surface area contributed by atoms with Gasteiger partial charge in [-0.15, -0.1) is 0 Å². The van der Waals surface area contributed by atoms with Gasteiger partial charge in [0.1, 0.15) is 0 Å². The van der Waals surface area contributed by atoms with Crippen molar-refractivity contribution >= 4 is 17.5 Å². The van der Waals surface area contributed by atoms with Crippen LogP contribution in [0.4, 0.5) is 5.69 Å². The van der Waals surface area contributed by atoms with Crippen LogP contribution in [0.3, 0.4) is 0 Å². The third-order valence-corrected chi connectivity index (χ3v) is 3.27. The van der Waals surface area contributed by atoms with Crippen molar-refractivity contribution in [1.29, 1.82) is 0 Å². The first-order valence-electron chi connectivity index (χ1n) is 6.88. The van der Waals surface area contributed by atoms with E-state index in [0.717, 1.165) is 17.7 Å². The van der Waals surface area contributed by atoms with Gasteiger partial charge in [0.2, 0.25) is 11.8 Å². The summed E-state index contributed by atoms with van der Waals surface area (Å²) in [6, 6.07) is 7.29. The van der Waals surface area contributed by atoms with Crippen molar-refractivity contribution in [2.75, 3.05) is 18.9 Å². The Hall–Kier alpha value is -1.88. The van der Waals surface area contributed by atoms with E-state index in [1.54, 1.807) is 19.2 Å². The number of anilines is 1. The Kier molecular flexibility index (Phi) is 6.73. The van der Waals surface area contributed by atoms with E-state index in [9.17, 15) is 9.59 Å². The second-order valence-electron chi connectivity index (χ2n) is 4.81. The van der Waals surface area contributed by atoms with E-state index in [4.69, 9.17) is 5.73 Å². The smallest absolute Gasteiger partial charge is 0.224 e. The second-order valence-corrected chi connectivity index (χ2v) is 4.81. The van der Waals surface area contributed by atoms with Crippen LogP contribution in [-0.4, -0.2) is 25.4 Å². The molecule has 0 aliphatic carbocycles. The van der Waals surface area contributed by atoms with Crippen LogP contribution in [0, 0.1) is 5.92 Å². The van der Waals surface area contributed by atoms with Gasteiger partial charge in [-0.2, -0.15) is 0 Å². The van der Waals surface area contributed by atoms with Crippen LogP contribution in [0.15, 0.2) is 24.3 Å². The van der Waals surface area contributed by atoms with E-state index in [2.05, 4.69) is 10.6 Å². The molecule has 0 heterocycles. The minimum atomic E-state index is -0.0319. The summed E-state index contributed by atoms with van der Waals surface area (Å²) >= 11 is 0. The quantitative estimate of drug-likeness (QED) is 0.702. The molecule has 0 bridgehead atoms. The van der Waals surface area contributed by atoms with Crippen LogP contribution in [0.1, 0.15) is 25.3 Å². The van der Waals surface area contributed by atoms with Gasteiger partial charge in [0, 0.05) is 19.2 Å². The zero-order chi connectivity index (χ0) is 15.0. The Morgan fingerprint density at radius 2 is 1.85 bits per heavy atom. The fourth-order valence-electron chi connectivity index (χ4n) is 1.85. The monoisotopic (exact) mass is 277 g/mol. The SMILES string of the molecule is CCC(CN)CC(=O)Nc1ccc(CC(=O)NC)cc1. The molecule has 0 saturated carbocycles. The molecule has 0 fully saturated rings. The second kappa shape index (κ2) is 8.32. The maximum atomic E-state index is 11.8. The predicted octanol–water partition coefficient (Wildman–Crippen LogP) is 1.29. The number of benzene rings is 1. The van der Waals surface area contributed by atoms with Gasteiger partial charge < -0.3 is 16.4 Å². The van der Waals surface area contributed by atoms with Gasteiger partial charge in [-0.05, 0) is 30.2 Å². The van der Waals surface area contributed by atoms with Gasteiger partial charge in [0.05, 0.1) is 6.42 Å². The van der Waals surface area contributed by atoms with Crippen molar-refractivity contribution in [3.63, 3.8) is 0 Å². The van der Waals surface area contributed by atoms with Crippen LogP contribution in [0.2, 0.25) is 0 Å². The van der Waals surface area contributed by atoms with Gasteiger partial charge in [0.25, 0.3) is 0 Å². The number of carbonyl (C=O) groups excluding carboxylic acids is 2. The maximum Gasteiger partial charge on any atom is 0.224 e. The lowest BCUT2D eigenvalue weighted by molar-refractivity contribution is -0.120. The number of hydrogen-bond donors (Lipinski definition) is 3. The minimum Gasteiger partial charge on any atom is -0.359 e. The van der Waals surface area contributed by atoms with Crippen LogP contribution < -0.4 is 16.4 Å². The lowest BCUT2D eigenvalue weighted by atomic mass is 10.0. The summed E-state index contributed by atoms with van der Waals surface area (Å²) in [6.45, 7) is 2.55. The summed E-state index contributed by atoms with van der Waals surface area (Å²) in [5, 5.41) is 5.41. The topological polar surface area (TPSA) is 84.2 Å². The zero-order valence-electron chi connectivity index (χ0n) is 12.1. The summed E-state index contributed by atoms with van der Waals surface area (Å²) < 4.78 is 0. The van der Waals surface area contributed by atoms with Crippen LogP contribution in [0.25, 0.3) is 0 Å². The number of rotatable bonds is 7. The van der Waals surface area contributed by atoms with Gasteiger partial charge >= 0.3 is 0 Å². The Bertz CT molecular complexity index is 439. The third-order valence-electron chi connectivity index (χ3n) is 3.27. The first-order valence-corrected chi connectivity index (χ1v) is 6.88. The number of hydrogen-bond acceptors (Lipinski definition) is 3. The Labute approximate surface area is 119 Å². The highest BCUT2D eigenvalue weighted by Crippen LogP contribution is 2.12. The van der Waals surface area contributed by atoms with Crippen molar-refractivity contribution in [3.05, 3.63) is 29.8 Å². The molecule has 4 N–H and O–H groups in total. The molecular weight excluding hydrogens is 254 g/mol. The number of nitrogens with two attached hydrogens (primary N) is 1. The lowest BCUT2D eigenvalue weighted by Gasteiger charge is -2.12. The van der Waals surface area contributed by atoms with E-state index >= 15 is 0 Å². The van der Waals surface area contributed by atoms with E-state index < -0.39 is 0 Å². The van der Waals surface area contributed by atoms with Crippen molar-refractivity contribution in [2.45, 2.75) is 26.2 Å². The Morgan fingerprint density at radius 1 is 1.20 bits per heavy atom. The molecule has 0 aliphatic rings. The Balaban J connectivity index is 2.52. The van der Waals surface area contributed by atoms with E-state index in [-0.39, 0.29) is 17.7 Å². The highest BCUT2D eigenvalue weighted by molar-refractivity contribution is 5.90. The molecule has 0 radical (unpaired) electrons. The van der Waals surface area contributed by atoms with Crippen LogP contribution in [0.5, 0.6) is 0 Å². The summed E-state index contributed by atoms with van der Waals surface area (Å²) in [5.41, 5.74) is 7.24. The largest absolute Gasteiger partial charge is 0.359 e. The van der Waals surface area contributed by atoms with Crippen LogP contribution >= 0.6 is 0 Å². The summed E-state index contributed by atoms with van der Waals surface area (Å²) in [7, 11) is 1.61. The standard InChI is InChI=1S/C15H23N3O2/c1-3-11(10-16)8-15(20)18-13-6-4-12(5-7-13)9-14(19)17-2/h4-7,11H,3,8-10,16H2,1-2H3,(H,17,19)(H,18,20). The highest BCUT2D eigenvalue weighted by atomic mass is 16.2. The zero-order valence-corrected chi connectivity index (χ0v) is 12.1. The first-order chi connectivity index (χ1) is 9.58. The predicted molar refractivity (Wildman–Crippen MR) is 80.3 cm³/mol. The normalized spacial score (nSPS) is 11.8. The van der Waals surface area contributed by atoms with Gasteiger partial charge in [-0.1, -0.05) is 25.5 Å². The van der Waals surface area contributed by atoms with Crippen molar-refractivity contribution in [2.24, 2.45) is 11.7 Å². The number of likely N-dealkylation sites (N-methyl/N-ethyl adjacent to an activating group) is 1. The number of nitrogens with one attached hydrogen (secondary N) is 2. The fraction of sp³-hybridized carbons (Fsp3) is 0.467. The molecule has 0 saturated heterocycles. The molecule has 1 atom stereocenters. The summed E-state index contributed by atoms with van der Waals surface area (Å²) in [5.74, 6) is 0.166. The van der Waals surface area contributed by atoms with Crippen molar-refractivity contribution in [1.82, 2.24) is 5.32 Å². The summed E-state index contributed by atoms with van der Waals surface area (Å²) in [6.07, 6.45) is 1.68. The number of amides is 2. The molecule has 1 unspecified atom stereocenters. The lowest BCUT2D eigenvalue weighted by Crippen LogP contribution is -2.22. The Morgan fingerprint density at radius 3 is 2.35 bits per heavy atom. The average Bonchev–Trinajstić information content (AvgIpc) is 2.46. The van der Waals surface area contributed by atoms with Gasteiger partial charge in [-0.25, -0.2) is 0 Å². The molecule has 5 heteroatoms. The van der Waals surface area contributed by atoms with Gasteiger partial charge in [-0.3, -0.25) is 9.59 Å². The van der Waals surface area contributed by atoms with Crippen molar-refractivity contribution < 1.29 is 9.59 Å². The molecular formula is C15H23N3O2. The molecule has 1 aromatic rings. The van der Waals surface area contributed by atoms with E-state index in [1.807, 2.05) is 19.1 Å². The van der Waals surface area contributed by atoms with E-state index in [0.29, 0.717) is 19.4 Å². The molecule has 20 heavy (non-hydrogen) atoms. The molecule has 0 spiro atoms. The van der Waals surface area contributed by atoms with Crippen LogP contribution in [-0.2, 0) is 16.0 Å². The molecule has 0 aromatic heterocycles. The minimum absolute atomic E-state index is 0.0265. The molecule has 5 nitrogen and oxygen atoms in total. The van der Waals surface area contributed by atoms with E-state index in [1.165, 1.54) is 0 Å². The highest BCUT2D eigenvalue weighted by Gasteiger charge is 2.10. The molecule has 1 aromatic carbocycles. The fourth-order valence-corrected chi connectivity index (χ4v) is 1.85. The molecule has 0 aliphatic heterocycles. The molecule has 1 rings (SSSR count). The van der Waals surface area contributed by atoms with Gasteiger partial charge in [0.15, 0.2) is 0 Å². The number of carbonyl (C=O) groups is 2. The average molecular weight is 277 g/mol. The molecule has 110 valence electrons. The molecule has 2 amide bonds. The van der Waals surface area contributed by atoms with Crippen molar-refractivity contribution in [3.8, 4) is 0 Å². The first kappa shape index (κ1) is 16.2. The third kappa shape index (κ3) is 5.40. The maximum absolute atomic E-state index is 11.8.